The molecule has 1 atom stereocenters. The molecule has 0 aliphatic rings. The lowest BCUT2D eigenvalue weighted by Crippen LogP contribution is -2.39. The van der Waals surface area contributed by atoms with Gasteiger partial charge < -0.3 is 10.4 Å². The zero-order chi connectivity index (χ0) is 18.2. The molecule has 25 heavy (non-hydrogen) atoms. The minimum atomic E-state index is -1.09. The van der Waals surface area contributed by atoms with E-state index in [1.165, 1.54) is 6.92 Å². The Morgan fingerprint density at radius 2 is 1.76 bits per heavy atom. The van der Waals surface area contributed by atoms with Crippen molar-refractivity contribution in [1.82, 2.24) is 5.32 Å². The molecule has 0 saturated heterocycles. The molecule has 0 unspecified atom stereocenters. The zero-order valence-corrected chi connectivity index (χ0v) is 13.9. The maximum atomic E-state index is 12.1. The topological polar surface area (TPSA) is 95.5 Å². The van der Waals surface area contributed by atoms with Crippen LogP contribution >= 0.6 is 0 Å². The number of ketones is 1. The van der Waals surface area contributed by atoms with Crippen LogP contribution in [0.1, 0.15) is 29.3 Å². The summed E-state index contributed by atoms with van der Waals surface area (Å²) in [5, 5.41) is 14.8. The van der Waals surface area contributed by atoms with E-state index in [-0.39, 0.29) is 12.2 Å². The van der Waals surface area contributed by atoms with Crippen molar-refractivity contribution in [3.8, 4) is 0 Å². The van der Waals surface area contributed by atoms with Gasteiger partial charge >= 0.3 is 5.97 Å². The van der Waals surface area contributed by atoms with Gasteiger partial charge in [0.1, 0.15) is 6.04 Å². The van der Waals surface area contributed by atoms with Crippen LogP contribution < -0.4 is 10.6 Å². The zero-order valence-electron chi connectivity index (χ0n) is 13.9. The number of hydrogen-bond donors (Lipinski definition) is 3. The van der Waals surface area contributed by atoms with Crippen molar-refractivity contribution in [1.29, 1.82) is 0 Å². The van der Waals surface area contributed by atoms with Gasteiger partial charge in [-0.1, -0.05) is 42.5 Å². The fourth-order valence-corrected chi connectivity index (χ4v) is 2.30. The van der Waals surface area contributed by atoms with E-state index >= 15 is 0 Å². The van der Waals surface area contributed by atoms with Crippen molar-refractivity contribution >= 4 is 23.3 Å². The quantitative estimate of drug-likeness (QED) is 0.642. The molecule has 0 spiro atoms. The van der Waals surface area contributed by atoms with Crippen LogP contribution in [0, 0.1) is 0 Å². The highest BCUT2D eigenvalue weighted by molar-refractivity contribution is 5.98. The number of rotatable bonds is 8. The Hall–Kier alpha value is -2.99. The number of hydrogen-bond acceptors (Lipinski definition) is 4. The van der Waals surface area contributed by atoms with Crippen LogP contribution in [-0.2, 0) is 16.1 Å². The number of aliphatic carboxylic acids is 1. The van der Waals surface area contributed by atoms with E-state index in [1.807, 2.05) is 30.3 Å². The van der Waals surface area contributed by atoms with Gasteiger partial charge in [-0.2, -0.15) is 0 Å². The second kappa shape index (κ2) is 8.75. The molecule has 0 aliphatic carbocycles. The molecule has 3 N–H and O–H groups in total. The number of nitrogens with one attached hydrogen (secondary N) is 2. The van der Waals surface area contributed by atoms with Crippen LogP contribution in [0.2, 0.25) is 0 Å². The van der Waals surface area contributed by atoms with Crippen LogP contribution in [-0.4, -0.2) is 28.8 Å². The first-order valence-electron chi connectivity index (χ1n) is 7.86. The lowest BCUT2D eigenvalue weighted by Gasteiger charge is -2.14. The minimum absolute atomic E-state index is 0.107. The molecular formula is C19H20N2O4. The second-order valence-corrected chi connectivity index (χ2v) is 5.65. The number of amides is 1. The molecule has 1 amide bonds. The van der Waals surface area contributed by atoms with Gasteiger partial charge in [0.05, 0.1) is 6.42 Å². The maximum Gasteiger partial charge on any atom is 0.321 e. The maximum absolute atomic E-state index is 12.1. The van der Waals surface area contributed by atoms with Crippen LogP contribution in [0.15, 0.2) is 54.6 Å². The first kappa shape index (κ1) is 18.4. The smallest absolute Gasteiger partial charge is 0.321 e. The van der Waals surface area contributed by atoms with E-state index in [9.17, 15) is 19.5 Å². The first-order valence-corrected chi connectivity index (χ1v) is 7.86. The molecule has 0 aliphatic heterocycles. The second-order valence-electron chi connectivity index (χ2n) is 5.65. The summed E-state index contributed by atoms with van der Waals surface area (Å²) in [6.45, 7) is 1.79. The average molecular weight is 340 g/mol. The largest absolute Gasteiger partial charge is 0.480 e. The van der Waals surface area contributed by atoms with Crippen molar-refractivity contribution in [2.24, 2.45) is 0 Å². The van der Waals surface area contributed by atoms with Gasteiger partial charge in [-0.05, 0) is 24.6 Å². The molecule has 2 rings (SSSR count). The number of anilines is 1. The van der Waals surface area contributed by atoms with Crippen molar-refractivity contribution in [2.45, 2.75) is 25.9 Å². The van der Waals surface area contributed by atoms with Crippen LogP contribution in [0.3, 0.4) is 0 Å². The van der Waals surface area contributed by atoms with E-state index in [1.54, 1.807) is 24.3 Å². The van der Waals surface area contributed by atoms with E-state index in [4.69, 9.17) is 0 Å². The van der Waals surface area contributed by atoms with Gasteiger partial charge in [-0.3, -0.25) is 19.7 Å². The van der Waals surface area contributed by atoms with Crippen LogP contribution in [0.4, 0.5) is 5.69 Å². The standard InChI is InChI=1S/C19H20N2O4/c1-13(22)15-8-5-9-16(10-15)21-18(23)11-17(19(24)25)20-12-14-6-3-2-4-7-14/h2-10,17,20H,11-12H2,1H3,(H,21,23)(H,24,25)/t17-/m0/s1. The summed E-state index contributed by atoms with van der Waals surface area (Å²) in [5.74, 6) is -1.64. The highest BCUT2D eigenvalue weighted by atomic mass is 16.4. The molecule has 2 aromatic carbocycles. The summed E-state index contributed by atoms with van der Waals surface area (Å²) in [4.78, 5) is 34.9. The summed E-state index contributed by atoms with van der Waals surface area (Å²) in [5.41, 5.74) is 1.88. The highest BCUT2D eigenvalue weighted by Crippen LogP contribution is 2.12. The SMILES string of the molecule is CC(=O)c1cccc(NC(=O)C[C@H](NCc2ccccc2)C(=O)O)c1. The van der Waals surface area contributed by atoms with Crippen molar-refractivity contribution < 1.29 is 19.5 Å². The predicted molar refractivity (Wildman–Crippen MR) is 94.4 cm³/mol. The molecule has 0 bridgehead atoms. The van der Waals surface area contributed by atoms with Gasteiger partial charge in [-0.25, -0.2) is 0 Å². The Kier molecular flexibility index (Phi) is 6.42. The summed E-state index contributed by atoms with van der Waals surface area (Å²) in [7, 11) is 0. The summed E-state index contributed by atoms with van der Waals surface area (Å²) < 4.78 is 0. The summed E-state index contributed by atoms with van der Waals surface area (Å²) >= 11 is 0. The third-order valence-corrected chi connectivity index (χ3v) is 3.64. The van der Waals surface area contributed by atoms with Gasteiger partial charge in [0.2, 0.25) is 5.91 Å². The Bertz CT molecular complexity index is 759. The summed E-state index contributed by atoms with van der Waals surface area (Å²) in [6.07, 6.45) is -0.216. The third kappa shape index (κ3) is 5.86. The number of carbonyl (C=O) groups excluding carboxylic acids is 2. The van der Waals surface area contributed by atoms with E-state index in [0.29, 0.717) is 17.8 Å². The van der Waals surface area contributed by atoms with Crippen molar-refractivity contribution in [3.63, 3.8) is 0 Å². The molecular weight excluding hydrogens is 320 g/mol. The van der Waals surface area contributed by atoms with Crippen LogP contribution in [0.5, 0.6) is 0 Å². The molecule has 0 fully saturated rings. The van der Waals surface area contributed by atoms with Gasteiger partial charge in [0.15, 0.2) is 5.78 Å². The van der Waals surface area contributed by atoms with E-state index < -0.39 is 17.9 Å². The molecule has 0 radical (unpaired) electrons. The number of carboxylic acid groups (broad SMARTS) is 1. The normalized spacial score (nSPS) is 11.6. The molecule has 6 nitrogen and oxygen atoms in total. The fraction of sp³-hybridized carbons (Fsp3) is 0.211. The molecule has 130 valence electrons. The number of carbonyl (C=O) groups is 3. The van der Waals surface area contributed by atoms with Crippen molar-refractivity contribution in [3.05, 3.63) is 65.7 Å². The highest BCUT2D eigenvalue weighted by Gasteiger charge is 2.20. The fourth-order valence-electron chi connectivity index (χ4n) is 2.30. The minimum Gasteiger partial charge on any atom is -0.480 e. The number of carboxylic acids is 1. The van der Waals surface area contributed by atoms with E-state index in [0.717, 1.165) is 5.56 Å². The lowest BCUT2D eigenvalue weighted by atomic mass is 10.1. The monoisotopic (exact) mass is 340 g/mol. The lowest BCUT2D eigenvalue weighted by molar-refractivity contribution is -0.141. The molecule has 0 aromatic heterocycles. The first-order chi connectivity index (χ1) is 12.0. The van der Waals surface area contributed by atoms with Gasteiger partial charge in [-0.15, -0.1) is 0 Å². The van der Waals surface area contributed by atoms with E-state index in [2.05, 4.69) is 10.6 Å². The Labute approximate surface area is 145 Å². The molecule has 2 aromatic rings. The average Bonchev–Trinajstić information content (AvgIpc) is 2.59. The van der Waals surface area contributed by atoms with Crippen LogP contribution in [0.25, 0.3) is 0 Å². The molecule has 0 saturated carbocycles. The van der Waals surface area contributed by atoms with Crippen molar-refractivity contribution in [2.75, 3.05) is 5.32 Å². The summed E-state index contributed by atoms with van der Waals surface area (Å²) in [6, 6.07) is 14.9. The van der Waals surface area contributed by atoms with Gasteiger partial charge in [0, 0.05) is 17.8 Å². The Morgan fingerprint density at radius 3 is 2.40 bits per heavy atom. The number of Topliss-reactive ketones (excluding diaryl/α,β-unsaturated/α-hetero) is 1. The Morgan fingerprint density at radius 1 is 1.04 bits per heavy atom. The third-order valence-electron chi connectivity index (χ3n) is 3.64. The van der Waals surface area contributed by atoms with Gasteiger partial charge in [0.25, 0.3) is 0 Å². The Balaban J connectivity index is 1.94. The molecule has 0 heterocycles. The predicted octanol–water partition coefficient (Wildman–Crippen LogP) is 2.46. The number of benzene rings is 2. The molecule has 6 heteroatoms.